The van der Waals surface area contributed by atoms with E-state index in [1.54, 1.807) is 30.5 Å². The monoisotopic (exact) mass is 462 g/mol. The number of β-lactam (4-membered cyclic amide) rings is 1. The number of benzene rings is 3. The molecule has 3 aromatic carbocycles. The lowest BCUT2D eigenvalue weighted by Crippen LogP contribution is -2.70. The van der Waals surface area contributed by atoms with Crippen LogP contribution in [0.5, 0.6) is 5.75 Å². The van der Waals surface area contributed by atoms with Crippen molar-refractivity contribution in [1.82, 2.24) is 4.90 Å². The smallest absolute Gasteiger partial charge is 0.333 e. The molecule has 1 saturated heterocycles. The number of thioether (sulfide) groups is 1. The van der Waals surface area contributed by atoms with Gasteiger partial charge in [0.05, 0.1) is 6.54 Å². The van der Waals surface area contributed by atoms with Crippen molar-refractivity contribution in [3.05, 3.63) is 102 Å². The minimum Gasteiger partial charge on any atom is -0.489 e. The van der Waals surface area contributed by atoms with Crippen LogP contribution in [0.3, 0.4) is 0 Å². The molecule has 1 fully saturated rings. The Morgan fingerprint density at radius 1 is 0.970 bits per heavy atom. The molecule has 1 heterocycles. The first kappa shape index (κ1) is 22.9. The number of nitrogens with two attached hydrogens (primary N) is 1. The molecule has 4 rings (SSSR count). The molecule has 0 radical (unpaired) electrons. The van der Waals surface area contributed by atoms with E-state index < -0.39 is 16.9 Å². The lowest BCUT2D eigenvalue weighted by Gasteiger charge is -2.48. The van der Waals surface area contributed by atoms with Crippen molar-refractivity contribution in [3.63, 3.8) is 0 Å². The summed E-state index contributed by atoms with van der Waals surface area (Å²) in [5, 5.41) is 0. The van der Waals surface area contributed by atoms with Gasteiger partial charge in [0.2, 0.25) is 0 Å². The average Bonchev–Trinajstić information content (AvgIpc) is 2.87. The lowest BCUT2D eigenvalue weighted by molar-refractivity contribution is -0.164. The second-order valence-corrected chi connectivity index (χ2v) is 9.00. The van der Waals surface area contributed by atoms with E-state index in [-0.39, 0.29) is 19.1 Å². The molecule has 0 saturated carbocycles. The van der Waals surface area contributed by atoms with Crippen LogP contribution in [0.25, 0.3) is 0 Å². The zero-order chi connectivity index (χ0) is 23.3. The summed E-state index contributed by atoms with van der Waals surface area (Å²) >= 11 is 1.28. The number of carbonyl (C=O) groups is 2. The molecule has 1 aliphatic rings. The molecule has 0 aromatic heterocycles. The SMILES string of the molecule is CS[C@]1(N)CN(C(C(=O)OCc2ccccc2)c2ccc(OCc3ccccc3)cc2)C1=O. The van der Waals surface area contributed by atoms with Crippen LogP contribution in [0.15, 0.2) is 84.9 Å². The van der Waals surface area contributed by atoms with E-state index in [1.165, 1.54) is 16.7 Å². The van der Waals surface area contributed by atoms with Gasteiger partial charge in [0.15, 0.2) is 10.9 Å². The Bertz CT molecular complexity index is 1090. The maximum Gasteiger partial charge on any atom is 0.333 e. The fraction of sp³-hybridized carbons (Fsp3) is 0.231. The topological polar surface area (TPSA) is 81.9 Å². The normalized spacial score (nSPS) is 18.4. The highest BCUT2D eigenvalue weighted by molar-refractivity contribution is 8.00. The van der Waals surface area contributed by atoms with Crippen LogP contribution in [0.1, 0.15) is 22.7 Å². The van der Waals surface area contributed by atoms with Gasteiger partial charge in [-0.15, -0.1) is 11.8 Å². The molecule has 2 N–H and O–H groups in total. The predicted octanol–water partition coefficient (Wildman–Crippen LogP) is 3.91. The van der Waals surface area contributed by atoms with E-state index in [4.69, 9.17) is 15.2 Å². The summed E-state index contributed by atoms with van der Waals surface area (Å²) in [4.78, 5) is 26.4. The van der Waals surface area contributed by atoms with Crippen molar-refractivity contribution >= 4 is 23.6 Å². The van der Waals surface area contributed by atoms with Crippen LogP contribution in [-0.4, -0.2) is 34.4 Å². The predicted molar refractivity (Wildman–Crippen MR) is 128 cm³/mol. The summed E-state index contributed by atoms with van der Waals surface area (Å²) in [6.07, 6.45) is 1.79. The highest BCUT2D eigenvalue weighted by atomic mass is 32.2. The van der Waals surface area contributed by atoms with Crippen molar-refractivity contribution in [2.45, 2.75) is 24.1 Å². The van der Waals surface area contributed by atoms with Gasteiger partial charge in [-0.1, -0.05) is 72.8 Å². The molecule has 0 spiro atoms. The van der Waals surface area contributed by atoms with Gasteiger partial charge < -0.3 is 20.1 Å². The Kier molecular flexibility index (Phi) is 7.01. The number of likely N-dealkylation sites (tertiary alicyclic amines) is 1. The van der Waals surface area contributed by atoms with Gasteiger partial charge in [-0.2, -0.15) is 0 Å². The van der Waals surface area contributed by atoms with Gasteiger partial charge in [0.25, 0.3) is 5.91 Å². The molecular weight excluding hydrogens is 436 g/mol. The highest BCUT2D eigenvalue weighted by Gasteiger charge is 2.53. The van der Waals surface area contributed by atoms with Crippen LogP contribution in [0.4, 0.5) is 0 Å². The van der Waals surface area contributed by atoms with Crippen LogP contribution in [0.2, 0.25) is 0 Å². The van der Waals surface area contributed by atoms with Gasteiger partial charge in [0.1, 0.15) is 19.0 Å². The fourth-order valence-electron chi connectivity index (χ4n) is 3.64. The molecule has 0 bridgehead atoms. The number of ether oxygens (including phenoxy) is 2. The molecular formula is C26H26N2O4S. The van der Waals surface area contributed by atoms with Gasteiger partial charge in [-0.3, -0.25) is 4.79 Å². The largest absolute Gasteiger partial charge is 0.489 e. The Labute approximate surface area is 197 Å². The lowest BCUT2D eigenvalue weighted by atomic mass is 9.98. The summed E-state index contributed by atoms with van der Waals surface area (Å²) in [7, 11) is 0. The molecule has 33 heavy (non-hydrogen) atoms. The van der Waals surface area contributed by atoms with Crippen LogP contribution < -0.4 is 10.5 Å². The quantitative estimate of drug-likeness (QED) is 0.295. The first-order valence-electron chi connectivity index (χ1n) is 10.6. The first-order valence-corrected chi connectivity index (χ1v) is 11.8. The zero-order valence-corrected chi connectivity index (χ0v) is 19.2. The Hall–Kier alpha value is -3.29. The van der Waals surface area contributed by atoms with E-state index >= 15 is 0 Å². The second kappa shape index (κ2) is 10.1. The number of carbonyl (C=O) groups excluding carboxylic acids is 2. The number of esters is 1. The summed E-state index contributed by atoms with van der Waals surface area (Å²) in [5.74, 6) is -0.0967. The van der Waals surface area contributed by atoms with Crippen molar-refractivity contribution in [2.75, 3.05) is 12.8 Å². The Balaban J connectivity index is 1.49. The van der Waals surface area contributed by atoms with Crippen molar-refractivity contribution in [2.24, 2.45) is 5.73 Å². The van der Waals surface area contributed by atoms with Crippen molar-refractivity contribution in [3.8, 4) is 5.75 Å². The Morgan fingerprint density at radius 2 is 1.55 bits per heavy atom. The third-order valence-electron chi connectivity index (χ3n) is 5.60. The Morgan fingerprint density at radius 3 is 2.09 bits per heavy atom. The van der Waals surface area contributed by atoms with Gasteiger partial charge in [-0.05, 0) is 35.1 Å². The summed E-state index contributed by atoms with van der Waals surface area (Å²) < 4.78 is 11.4. The maximum atomic E-state index is 13.1. The number of rotatable bonds is 9. The molecule has 1 aliphatic heterocycles. The third kappa shape index (κ3) is 5.21. The van der Waals surface area contributed by atoms with Gasteiger partial charge in [-0.25, -0.2) is 4.79 Å². The molecule has 1 unspecified atom stereocenters. The molecule has 170 valence electrons. The van der Waals surface area contributed by atoms with Crippen molar-refractivity contribution in [1.29, 1.82) is 0 Å². The minimum absolute atomic E-state index is 0.132. The molecule has 2 atom stereocenters. The average molecular weight is 463 g/mol. The van der Waals surface area contributed by atoms with Gasteiger partial charge >= 0.3 is 5.97 Å². The van der Waals surface area contributed by atoms with E-state index in [9.17, 15) is 9.59 Å². The molecule has 6 nitrogen and oxygen atoms in total. The van der Waals surface area contributed by atoms with Crippen LogP contribution in [-0.2, 0) is 27.5 Å². The molecule has 1 amide bonds. The summed E-state index contributed by atoms with van der Waals surface area (Å²) in [6, 6.07) is 25.6. The highest BCUT2D eigenvalue weighted by Crippen LogP contribution is 2.37. The molecule has 3 aromatic rings. The maximum absolute atomic E-state index is 13.1. The minimum atomic E-state index is -1.00. The second-order valence-electron chi connectivity index (χ2n) is 7.87. The summed E-state index contributed by atoms with van der Waals surface area (Å²) in [5.41, 5.74) is 8.72. The first-order chi connectivity index (χ1) is 16.0. The van der Waals surface area contributed by atoms with E-state index in [1.807, 2.05) is 60.7 Å². The number of hydrogen-bond acceptors (Lipinski definition) is 6. The van der Waals surface area contributed by atoms with Crippen molar-refractivity contribution < 1.29 is 19.1 Å². The summed E-state index contributed by atoms with van der Waals surface area (Å²) in [6.45, 7) is 0.841. The molecule has 0 aliphatic carbocycles. The number of amides is 1. The number of nitrogens with zero attached hydrogens (tertiary/aromatic N) is 1. The third-order valence-corrected chi connectivity index (χ3v) is 6.63. The number of hydrogen-bond donors (Lipinski definition) is 1. The van der Waals surface area contributed by atoms with E-state index in [0.29, 0.717) is 17.9 Å². The van der Waals surface area contributed by atoms with Crippen LogP contribution in [0, 0.1) is 0 Å². The zero-order valence-electron chi connectivity index (χ0n) is 18.3. The van der Waals surface area contributed by atoms with Gasteiger partial charge in [0, 0.05) is 0 Å². The van der Waals surface area contributed by atoms with E-state index in [2.05, 4.69) is 0 Å². The van der Waals surface area contributed by atoms with Crippen LogP contribution >= 0.6 is 11.8 Å². The fourth-order valence-corrected chi connectivity index (χ4v) is 4.20. The molecule has 7 heteroatoms. The standard InChI is InChI=1S/C26H26N2O4S/c1-33-26(27)18-28(25(26)30)23(24(29)32-17-20-10-6-3-7-11-20)21-12-14-22(15-13-21)31-16-19-8-4-2-5-9-19/h2-15,23H,16-18,27H2,1H3/t23?,26-/m1/s1. The van der Waals surface area contributed by atoms with E-state index in [0.717, 1.165) is 11.1 Å².